The molecule has 1 aromatic rings. The summed E-state index contributed by atoms with van der Waals surface area (Å²) in [5, 5.41) is 58.1. The zero-order valence-corrected chi connectivity index (χ0v) is 22.8. The molecule has 0 bridgehead atoms. The minimum absolute atomic E-state index is 0.000412. The highest BCUT2D eigenvalue weighted by molar-refractivity contribution is 5.89. The Kier molecular flexibility index (Phi) is 6.57. The minimum atomic E-state index is -1.73. The van der Waals surface area contributed by atoms with Crippen LogP contribution in [0.4, 0.5) is 0 Å². The van der Waals surface area contributed by atoms with Gasteiger partial charge in [0.25, 0.3) is 0 Å². The molecule has 214 valence electrons. The Labute approximate surface area is 227 Å². The Balaban J connectivity index is 1.83. The first kappa shape index (κ1) is 28.2. The molecule has 4 aliphatic rings. The SMILES string of the molecule is CC(=O)O[C@@]12CO[C@@H]1C[C@H](O)[C@]1(C)[C@@H]2[C@H](OC(=O)c2ccccc2)[C@]2(C(C)(C)O)C[C@H](O)C(C)=C2[C@H](O)[C@@H]1O. The first-order valence-electron chi connectivity index (χ1n) is 13.4. The lowest BCUT2D eigenvalue weighted by Crippen LogP contribution is -2.78. The van der Waals surface area contributed by atoms with Crippen LogP contribution in [0.2, 0.25) is 0 Å². The van der Waals surface area contributed by atoms with Gasteiger partial charge in [0.15, 0.2) is 5.60 Å². The van der Waals surface area contributed by atoms with Crippen LogP contribution in [-0.2, 0) is 19.0 Å². The number of carbonyl (C=O) groups excluding carboxylic acids is 2. The van der Waals surface area contributed by atoms with E-state index in [1.807, 2.05) is 0 Å². The van der Waals surface area contributed by atoms with E-state index < -0.39 is 76.5 Å². The fraction of sp³-hybridized carbons (Fsp3) is 0.655. The van der Waals surface area contributed by atoms with E-state index in [9.17, 15) is 35.1 Å². The molecule has 39 heavy (non-hydrogen) atoms. The van der Waals surface area contributed by atoms with E-state index in [0.29, 0.717) is 5.57 Å². The Hall–Kier alpha value is -2.34. The fourth-order valence-corrected chi connectivity index (χ4v) is 8.01. The lowest BCUT2D eigenvalue weighted by molar-refractivity contribution is -0.351. The quantitative estimate of drug-likeness (QED) is 0.271. The van der Waals surface area contributed by atoms with Crippen molar-refractivity contribution in [1.29, 1.82) is 0 Å². The van der Waals surface area contributed by atoms with E-state index in [-0.39, 0.29) is 30.6 Å². The minimum Gasteiger partial charge on any atom is -0.457 e. The van der Waals surface area contributed by atoms with Gasteiger partial charge in [-0.3, -0.25) is 4.79 Å². The summed E-state index contributed by atoms with van der Waals surface area (Å²) in [6.45, 7) is 7.30. The summed E-state index contributed by atoms with van der Waals surface area (Å²) >= 11 is 0. The number of esters is 2. The Morgan fingerprint density at radius 3 is 2.28 bits per heavy atom. The van der Waals surface area contributed by atoms with Gasteiger partial charge < -0.3 is 39.7 Å². The van der Waals surface area contributed by atoms with Gasteiger partial charge in [-0.05, 0) is 50.5 Å². The molecule has 1 saturated heterocycles. The standard InChI is InChI=1S/C29H38O10/c1-14-17(31)12-28(26(3,4)36)20(14)21(33)23(34)27(5)18(32)11-19-29(13-37-19,39-15(2)30)22(27)24(28)38-25(35)16-9-7-6-8-10-16/h6-10,17-19,21-24,31-34,36H,11-13H2,1-5H3/t17-,18-,19+,21-,22-,23-,24-,27+,28-,29-/m0/s1. The van der Waals surface area contributed by atoms with Crippen molar-refractivity contribution in [3.05, 3.63) is 47.0 Å². The second-order valence-corrected chi connectivity index (χ2v) is 12.4. The second-order valence-electron chi connectivity index (χ2n) is 12.4. The third-order valence-electron chi connectivity index (χ3n) is 10.0. The van der Waals surface area contributed by atoms with Crippen LogP contribution < -0.4 is 0 Å². The van der Waals surface area contributed by atoms with Crippen molar-refractivity contribution < 1.29 is 49.3 Å². The number of ether oxygens (including phenoxy) is 3. The van der Waals surface area contributed by atoms with Crippen LogP contribution in [0.3, 0.4) is 0 Å². The smallest absolute Gasteiger partial charge is 0.338 e. The van der Waals surface area contributed by atoms with E-state index in [4.69, 9.17) is 14.2 Å². The average molecular weight is 547 g/mol. The molecule has 5 rings (SSSR count). The first-order valence-corrected chi connectivity index (χ1v) is 13.4. The van der Waals surface area contributed by atoms with Crippen LogP contribution in [0.5, 0.6) is 0 Å². The molecule has 1 aliphatic heterocycles. The molecule has 10 nitrogen and oxygen atoms in total. The normalized spacial score (nSPS) is 43.4. The molecule has 10 atom stereocenters. The number of carbonyl (C=O) groups is 2. The Morgan fingerprint density at radius 2 is 1.74 bits per heavy atom. The highest BCUT2D eigenvalue weighted by Gasteiger charge is 2.78. The lowest BCUT2D eigenvalue weighted by Gasteiger charge is -2.65. The predicted octanol–water partition coefficient (Wildman–Crippen LogP) is 0.874. The molecule has 0 spiro atoms. The summed E-state index contributed by atoms with van der Waals surface area (Å²) in [4.78, 5) is 26.2. The monoisotopic (exact) mass is 546 g/mol. The van der Waals surface area contributed by atoms with Crippen LogP contribution in [0.1, 0.15) is 57.8 Å². The fourth-order valence-electron chi connectivity index (χ4n) is 8.01. The highest BCUT2D eigenvalue weighted by Crippen LogP contribution is 2.67. The first-order chi connectivity index (χ1) is 18.1. The van der Waals surface area contributed by atoms with Crippen molar-refractivity contribution in [2.75, 3.05) is 6.61 Å². The summed E-state index contributed by atoms with van der Waals surface area (Å²) in [6, 6.07) is 8.21. The van der Waals surface area contributed by atoms with Crippen molar-refractivity contribution in [3.8, 4) is 0 Å². The zero-order valence-electron chi connectivity index (χ0n) is 22.8. The third-order valence-corrected chi connectivity index (χ3v) is 10.0. The van der Waals surface area contributed by atoms with Crippen LogP contribution in [0.15, 0.2) is 41.5 Å². The number of rotatable bonds is 4. The number of fused-ring (bicyclic) bond motifs is 4. The third kappa shape index (κ3) is 3.69. The molecule has 1 heterocycles. The average Bonchev–Trinajstić information content (AvgIpc) is 3.11. The zero-order chi connectivity index (χ0) is 28.7. The molecule has 2 saturated carbocycles. The highest BCUT2D eigenvalue weighted by atomic mass is 16.6. The van der Waals surface area contributed by atoms with Crippen LogP contribution in [0, 0.1) is 16.7 Å². The maximum absolute atomic E-state index is 13.7. The van der Waals surface area contributed by atoms with Crippen molar-refractivity contribution in [2.45, 2.75) is 95.3 Å². The number of aliphatic hydroxyl groups is 5. The van der Waals surface area contributed by atoms with Gasteiger partial charge in [-0.15, -0.1) is 0 Å². The van der Waals surface area contributed by atoms with Gasteiger partial charge in [-0.1, -0.05) is 25.1 Å². The summed E-state index contributed by atoms with van der Waals surface area (Å²) in [7, 11) is 0. The van der Waals surface area contributed by atoms with E-state index in [1.54, 1.807) is 44.2 Å². The maximum atomic E-state index is 13.7. The topological polar surface area (TPSA) is 163 Å². The van der Waals surface area contributed by atoms with Gasteiger partial charge in [0.05, 0.1) is 47.4 Å². The van der Waals surface area contributed by atoms with E-state index in [1.165, 1.54) is 20.8 Å². The Bertz CT molecular complexity index is 1190. The van der Waals surface area contributed by atoms with Crippen molar-refractivity contribution in [2.24, 2.45) is 16.7 Å². The van der Waals surface area contributed by atoms with Crippen LogP contribution in [-0.4, -0.2) is 91.9 Å². The van der Waals surface area contributed by atoms with Gasteiger partial charge in [0.2, 0.25) is 0 Å². The van der Waals surface area contributed by atoms with E-state index >= 15 is 0 Å². The molecule has 5 N–H and O–H groups in total. The summed E-state index contributed by atoms with van der Waals surface area (Å²) in [6.07, 6.45) is -7.95. The van der Waals surface area contributed by atoms with Crippen molar-refractivity contribution in [1.82, 2.24) is 0 Å². The van der Waals surface area contributed by atoms with E-state index in [0.717, 1.165) is 0 Å². The van der Waals surface area contributed by atoms with Crippen molar-refractivity contribution >= 4 is 11.9 Å². The molecule has 10 heteroatoms. The van der Waals surface area contributed by atoms with Crippen molar-refractivity contribution in [3.63, 3.8) is 0 Å². The number of benzene rings is 1. The second kappa shape index (κ2) is 9.09. The number of hydrogen-bond acceptors (Lipinski definition) is 10. The molecule has 0 aromatic heterocycles. The van der Waals surface area contributed by atoms with Crippen LogP contribution in [0.25, 0.3) is 0 Å². The molecular weight excluding hydrogens is 508 g/mol. The van der Waals surface area contributed by atoms with Gasteiger partial charge in [0, 0.05) is 18.8 Å². The van der Waals surface area contributed by atoms with Gasteiger partial charge in [-0.2, -0.15) is 0 Å². The van der Waals surface area contributed by atoms with E-state index in [2.05, 4.69) is 0 Å². The molecular formula is C29H38O10. The molecule has 0 radical (unpaired) electrons. The van der Waals surface area contributed by atoms with Gasteiger partial charge in [0.1, 0.15) is 18.3 Å². The number of hydrogen-bond donors (Lipinski definition) is 5. The molecule has 0 unspecified atom stereocenters. The maximum Gasteiger partial charge on any atom is 0.338 e. The Morgan fingerprint density at radius 1 is 1.10 bits per heavy atom. The van der Waals surface area contributed by atoms with Crippen LogP contribution >= 0.6 is 0 Å². The molecule has 3 fully saturated rings. The molecule has 0 amide bonds. The molecule has 1 aromatic carbocycles. The number of aliphatic hydroxyl groups excluding tert-OH is 4. The lowest BCUT2D eigenvalue weighted by atomic mass is 9.49. The largest absolute Gasteiger partial charge is 0.457 e. The van der Waals surface area contributed by atoms with Gasteiger partial charge in [-0.25, -0.2) is 4.79 Å². The predicted molar refractivity (Wildman–Crippen MR) is 136 cm³/mol. The summed E-state index contributed by atoms with van der Waals surface area (Å²) in [5.41, 5.74) is -5.68. The van der Waals surface area contributed by atoms with Gasteiger partial charge >= 0.3 is 11.9 Å². The summed E-state index contributed by atoms with van der Waals surface area (Å²) < 4.78 is 18.0. The summed E-state index contributed by atoms with van der Waals surface area (Å²) in [5.74, 6) is -2.52. The molecule has 3 aliphatic carbocycles.